The summed E-state index contributed by atoms with van der Waals surface area (Å²) in [4.78, 5) is 0. The number of hydrogen-bond donors (Lipinski definition) is 1. The lowest BCUT2D eigenvalue weighted by molar-refractivity contribution is 0.202. The Morgan fingerprint density at radius 1 is 1.18 bits per heavy atom. The van der Waals surface area contributed by atoms with Gasteiger partial charge < -0.3 is 15.2 Å². The summed E-state index contributed by atoms with van der Waals surface area (Å²) >= 11 is 0. The van der Waals surface area contributed by atoms with Crippen LogP contribution >= 0.6 is 0 Å². The predicted molar refractivity (Wildman–Crippen MR) is 70.3 cm³/mol. The lowest BCUT2D eigenvalue weighted by atomic mass is 10.1. The third kappa shape index (κ3) is 5.20. The SMILES string of the molecule is COCCc1ccc(OCC(N)C(C)C)cc1. The zero-order valence-electron chi connectivity index (χ0n) is 11.0. The molecule has 0 spiro atoms. The highest BCUT2D eigenvalue weighted by molar-refractivity contribution is 5.27. The van der Waals surface area contributed by atoms with Gasteiger partial charge in [-0.05, 0) is 30.0 Å². The monoisotopic (exact) mass is 237 g/mol. The fourth-order valence-corrected chi connectivity index (χ4v) is 1.36. The molecular weight excluding hydrogens is 214 g/mol. The predicted octanol–water partition coefficient (Wildman–Crippen LogP) is 2.24. The van der Waals surface area contributed by atoms with Gasteiger partial charge in [0.05, 0.1) is 6.61 Å². The van der Waals surface area contributed by atoms with Gasteiger partial charge in [-0.15, -0.1) is 0 Å². The molecule has 96 valence electrons. The minimum absolute atomic E-state index is 0.0863. The summed E-state index contributed by atoms with van der Waals surface area (Å²) in [6.07, 6.45) is 0.933. The summed E-state index contributed by atoms with van der Waals surface area (Å²) in [7, 11) is 1.71. The molecule has 0 aromatic heterocycles. The van der Waals surface area contributed by atoms with E-state index in [0.717, 1.165) is 18.8 Å². The first kappa shape index (κ1) is 14.0. The van der Waals surface area contributed by atoms with Crippen molar-refractivity contribution in [3.8, 4) is 5.75 Å². The van der Waals surface area contributed by atoms with Crippen molar-refractivity contribution in [3.63, 3.8) is 0 Å². The van der Waals surface area contributed by atoms with Crippen LogP contribution in [0.1, 0.15) is 19.4 Å². The van der Waals surface area contributed by atoms with Gasteiger partial charge in [-0.2, -0.15) is 0 Å². The highest BCUT2D eigenvalue weighted by atomic mass is 16.5. The zero-order chi connectivity index (χ0) is 12.7. The van der Waals surface area contributed by atoms with E-state index in [9.17, 15) is 0 Å². The molecule has 0 aliphatic heterocycles. The Kier molecular flexibility index (Phi) is 6.01. The topological polar surface area (TPSA) is 44.5 Å². The third-order valence-corrected chi connectivity index (χ3v) is 2.82. The second-order valence-electron chi connectivity index (χ2n) is 4.61. The summed E-state index contributed by atoms with van der Waals surface area (Å²) in [5.74, 6) is 1.32. The number of ether oxygens (including phenoxy) is 2. The van der Waals surface area contributed by atoms with Crippen molar-refractivity contribution in [1.29, 1.82) is 0 Å². The number of nitrogens with two attached hydrogens (primary N) is 1. The van der Waals surface area contributed by atoms with E-state index in [-0.39, 0.29) is 6.04 Å². The van der Waals surface area contributed by atoms with Crippen molar-refractivity contribution in [2.24, 2.45) is 11.7 Å². The van der Waals surface area contributed by atoms with Crippen LogP contribution in [0, 0.1) is 5.92 Å². The second-order valence-corrected chi connectivity index (χ2v) is 4.61. The van der Waals surface area contributed by atoms with Gasteiger partial charge in [-0.1, -0.05) is 26.0 Å². The standard InChI is InChI=1S/C14H23NO2/c1-11(2)14(15)10-17-13-6-4-12(5-7-13)8-9-16-3/h4-7,11,14H,8-10,15H2,1-3H3. The normalized spacial score (nSPS) is 12.8. The largest absolute Gasteiger partial charge is 0.492 e. The van der Waals surface area contributed by atoms with Gasteiger partial charge >= 0.3 is 0 Å². The molecule has 0 fully saturated rings. The van der Waals surface area contributed by atoms with Crippen LogP contribution in [-0.2, 0) is 11.2 Å². The van der Waals surface area contributed by atoms with Gasteiger partial charge in [0, 0.05) is 13.2 Å². The molecule has 1 atom stereocenters. The fourth-order valence-electron chi connectivity index (χ4n) is 1.36. The van der Waals surface area contributed by atoms with Crippen LogP contribution < -0.4 is 10.5 Å². The second kappa shape index (κ2) is 7.30. The minimum Gasteiger partial charge on any atom is -0.492 e. The van der Waals surface area contributed by atoms with Crippen LogP contribution in [0.5, 0.6) is 5.75 Å². The van der Waals surface area contributed by atoms with Crippen LogP contribution in [0.3, 0.4) is 0 Å². The van der Waals surface area contributed by atoms with Crippen LogP contribution in [0.15, 0.2) is 24.3 Å². The molecule has 0 aliphatic carbocycles. The molecule has 0 radical (unpaired) electrons. The van der Waals surface area contributed by atoms with Crippen LogP contribution in [0.2, 0.25) is 0 Å². The summed E-state index contributed by atoms with van der Waals surface area (Å²) in [5.41, 5.74) is 7.18. The van der Waals surface area contributed by atoms with E-state index in [1.807, 2.05) is 12.1 Å². The van der Waals surface area contributed by atoms with Crippen molar-refractivity contribution < 1.29 is 9.47 Å². The fraction of sp³-hybridized carbons (Fsp3) is 0.571. The van der Waals surface area contributed by atoms with E-state index in [2.05, 4.69) is 26.0 Å². The maximum atomic E-state index is 5.92. The minimum atomic E-state index is 0.0863. The van der Waals surface area contributed by atoms with E-state index in [1.165, 1.54) is 5.56 Å². The summed E-state index contributed by atoms with van der Waals surface area (Å²) < 4.78 is 10.7. The molecule has 1 aromatic rings. The van der Waals surface area contributed by atoms with Gasteiger partial charge in [0.1, 0.15) is 12.4 Å². The Labute approximate surface area is 104 Å². The first-order valence-electron chi connectivity index (χ1n) is 6.09. The Bertz CT molecular complexity index is 309. The first-order valence-corrected chi connectivity index (χ1v) is 6.09. The lowest BCUT2D eigenvalue weighted by Gasteiger charge is -2.16. The average Bonchev–Trinajstić information content (AvgIpc) is 2.34. The molecule has 0 aliphatic rings. The zero-order valence-corrected chi connectivity index (χ0v) is 11.0. The molecule has 17 heavy (non-hydrogen) atoms. The van der Waals surface area contributed by atoms with Crippen molar-refractivity contribution in [3.05, 3.63) is 29.8 Å². The molecule has 0 bridgehead atoms. The van der Waals surface area contributed by atoms with E-state index in [1.54, 1.807) is 7.11 Å². The number of hydrogen-bond acceptors (Lipinski definition) is 3. The highest BCUT2D eigenvalue weighted by Gasteiger charge is 2.07. The molecule has 3 heteroatoms. The quantitative estimate of drug-likeness (QED) is 0.791. The van der Waals surface area contributed by atoms with Crippen molar-refractivity contribution in [1.82, 2.24) is 0 Å². The Morgan fingerprint density at radius 3 is 2.35 bits per heavy atom. The molecule has 0 saturated carbocycles. The van der Waals surface area contributed by atoms with E-state index in [0.29, 0.717) is 12.5 Å². The van der Waals surface area contributed by atoms with Crippen LogP contribution in [-0.4, -0.2) is 26.4 Å². The molecule has 2 N–H and O–H groups in total. The number of methoxy groups -OCH3 is 1. The number of benzene rings is 1. The Hall–Kier alpha value is -1.06. The Balaban J connectivity index is 2.40. The van der Waals surface area contributed by atoms with Gasteiger partial charge in [0.2, 0.25) is 0 Å². The maximum Gasteiger partial charge on any atom is 0.119 e. The van der Waals surface area contributed by atoms with Crippen LogP contribution in [0.25, 0.3) is 0 Å². The maximum absolute atomic E-state index is 5.92. The molecule has 1 aromatic carbocycles. The van der Waals surface area contributed by atoms with Crippen LogP contribution in [0.4, 0.5) is 0 Å². The highest BCUT2D eigenvalue weighted by Crippen LogP contribution is 2.13. The van der Waals surface area contributed by atoms with E-state index >= 15 is 0 Å². The van der Waals surface area contributed by atoms with Gasteiger partial charge in [0.25, 0.3) is 0 Å². The molecule has 0 saturated heterocycles. The Morgan fingerprint density at radius 2 is 1.82 bits per heavy atom. The average molecular weight is 237 g/mol. The first-order chi connectivity index (χ1) is 8.13. The van der Waals surface area contributed by atoms with Crippen molar-refractivity contribution in [2.75, 3.05) is 20.3 Å². The molecule has 1 rings (SSSR count). The van der Waals surface area contributed by atoms with Gasteiger partial charge in [-0.25, -0.2) is 0 Å². The molecule has 0 amide bonds. The summed E-state index contributed by atoms with van der Waals surface area (Å²) in [6, 6.07) is 8.18. The summed E-state index contributed by atoms with van der Waals surface area (Å²) in [5, 5.41) is 0. The van der Waals surface area contributed by atoms with Crippen molar-refractivity contribution >= 4 is 0 Å². The number of rotatable bonds is 7. The summed E-state index contributed by atoms with van der Waals surface area (Å²) in [6.45, 7) is 5.51. The molecule has 1 unspecified atom stereocenters. The molecular formula is C14H23NO2. The lowest BCUT2D eigenvalue weighted by Crippen LogP contribution is -2.32. The molecule has 3 nitrogen and oxygen atoms in total. The van der Waals surface area contributed by atoms with Crippen molar-refractivity contribution in [2.45, 2.75) is 26.3 Å². The van der Waals surface area contributed by atoms with Gasteiger partial charge in [-0.3, -0.25) is 0 Å². The van der Waals surface area contributed by atoms with Gasteiger partial charge in [0.15, 0.2) is 0 Å². The van der Waals surface area contributed by atoms with E-state index in [4.69, 9.17) is 15.2 Å². The molecule has 0 heterocycles. The smallest absolute Gasteiger partial charge is 0.119 e. The third-order valence-electron chi connectivity index (χ3n) is 2.82. The van der Waals surface area contributed by atoms with E-state index < -0.39 is 0 Å².